The number of nitrogens with one attached hydrogen (secondary N) is 1. The number of rotatable bonds is 6. The molecule has 5 heteroatoms. The second-order valence-corrected chi connectivity index (χ2v) is 7.11. The fraction of sp³-hybridized carbons (Fsp3) is 0.556. The van der Waals surface area contributed by atoms with Crippen LogP contribution in [0.2, 0.25) is 0 Å². The van der Waals surface area contributed by atoms with E-state index in [0.29, 0.717) is 19.4 Å². The van der Waals surface area contributed by atoms with E-state index in [0.717, 1.165) is 5.56 Å². The predicted molar refractivity (Wildman–Crippen MR) is 87.3 cm³/mol. The van der Waals surface area contributed by atoms with Gasteiger partial charge in [0.1, 0.15) is 11.2 Å². The molecule has 1 saturated heterocycles. The van der Waals surface area contributed by atoms with Gasteiger partial charge in [-0.15, -0.1) is 0 Å². The van der Waals surface area contributed by atoms with Crippen molar-refractivity contribution < 1.29 is 19.1 Å². The van der Waals surface area contributed by atoms with Crippen LogP contribution >= 0.6 is 0 Å². The highest BCUT2D eigenvalue weighted by Gasteiger charge is 2.50. The van der Waals surface area contributed by atoms with Crippen molar-refractivity contribution in [1.29, 1.82) is 0 Å². The van der Waals surface area contributed by atoms with Gasteiger partial charge in [0.15, 0.2) is 5.78 Å². The van der Waals surface area contributed by atoms with Gasteiger partial charge in [0.25, 0.3) is 0 Å². The molecule has 1 N–H and O–H groups in total. The molecule has 1 heterocycles. The molecule has 1 fully saturated rings. The minimum Gasteiger partial charge on any atom is -0.444 e. The van der Waals surface area contributed by atoms with Crippen molar-refractivity contribution in [2.45, 2.75) is 57.8 Å². The Morgan fingerprint density at radius 2 is 1.91 bits per heavy atom. The number of carbonyl (C=O) groups excluding carboxylic acids is 2. The van der Waals surface area contributed by atoms with Crippen LogP contribution in [0.5, 0.6) is 0 Å². The van der Waals surface area contributed by atoms with E-state index < -0.39 is 23.3 Å². The average molecular weight is 319 g/mol. The van der Waals surface area contributed by atoms with Crippen LogP contribution in [0.15, 0.2) is 30.3 Å². The summed E-state index contributed by atoms with van der Waals surface area (Å²) in [6, 6.07) is 9.26. The highest BCUT2D eigenvalue weighted by molar-refractivity contribution is 5.95. The Morgan fingerprint density at radius 3 is 2.43 bits per heavy atom. The molecule has 0 aliphatic carbocycles. The van der Waals surface area contributed by atoms with Crippen molar-refractivity contribution >= 4 is 11.9 Å². The van der Waals surface area contributed by atoms with Crippen LogP contribution in [0, 0.1) is 0 Å². The summed E-state index contributed by atoms with van der Waals surface area (Å²) in [5.41, 5.74) is -0.244. The van der Waals surface area contributed by atoms with Gasteiger partial charge in [0.05, 0.1) is 12.6 Å². The molecule has 2 rings (SSSR count). The highest BCUT2D eigenvalue weighted by Crippen LogP contribution is 2.29. The van der Waals surface area contributed by atoms with Crippen molar-refractivity contribution in [3.63, 3.8) is 0 Å². The smallest absolute Gasteiger partial charge is 0.408 e. The molecule has 0 unspecified atom stereocenters. The van der Waals surface area contributed by atoms with E-state index >= 15 is 0 Å². The normalized spacial score (nSPS) is 21.4. The van der Waals surface area contributed by atoms with E-state index in [2.05, 4.69) is 5.32 Å². The lowest BCUT2D eigenvalue weighted by Crippen LogP contribution is -2.47. The molecule has 1 aromatic carbocycles. The van der Waals surface area contributed by atoms with Crippen LogP contribution in [0.4, 0.5) is 4.79 Å². The quantitative estimate of drug-likeness (QED) is 0.819. The SMILES string of the molecule is CC(C)(C)OC(=O)N[C@@H](CCc1ccccc1)C(=O)[C@@]1(C)CO1. The molecule has 2 atom stereocenters. The first-order valence-electron chi connectivity index (χ1n) is 7.91. The molecule has 0 bridgehead atoms. The summed E-state index contributed by atoms with van der Waals surface area (Å²) in [5, 5.41) is 2.70. The lowest BCUT2D eigenvalue weighted by molar-refractivity contribution is -0.125. The number of aryl methyl sites for hydroxylation is 1. The summed E-state index contributed by atoms with van der Waals surface area (Å²) in [4.78, 5) is 24.6. The van der Waals surface area contributed by atoms with Gasteiger partial charge in [-0.3, -0.25) is 4.79 Å². The number of amides is 1. The molecular formula is C18H25NO4. The topological polar surface area (TPSA) is 67.9 Å². The van der Waals surface area contributed by atoms with E-state index in [1.165, 1.54) is 0 Å². The van der Waals surface area contributed by atoms with Crippen molar-refractivity contribution in [3.05, 3.63) is 35.9 Å². The number of ether oxygens (including phenoxy) is 2. The maximum Gasteiger partial charge on any atom is 0.408 e. The molecule has 126 valence electrons. The third-order valence-corrected chi connectivity index (χ3v) is 3.67. The van der Waals surface area contributed by atoms with Gasteiger partial charge in [0, 0.05) is 0 Å². The molecule has 0 saturated carbocycles. The van der Waals surface area contributed by atoms with Crippen LogP contribution in [0.25, 0.3) is 0 Å². The lowest BCUT2D eigenvalue weighted by Gasteiger charge is -2.24. The summed E-state index contributed by atoms with van der Waals surface area (Å²) in [6.45, 7) is 7.53. The Balaban J connectivity index is 2.00. The predicted octanol–water partition coefficient (Wildman–Crippen LogP) is 2.87. The van der Waals surface area contributed by atoms with Crippen molar-refractivity contribution in [1.82, 2.24) is 5.32 Å². The number of epoxide rings is 1. The Bertz CT molecular complexity index is 558. The number of carbonyl (C=O) groups is 2. The van der Waals surface area contributed by atoms with Gasteiger partial charge in [-0.2, -0.15) is 0 Å². The molecule has 23 heavy (non-hydrogen) atoms. The molecule has 1 aliphatic heterocycles. The lowest BCUT2D eigenvalue weighted by atomic mass is 9.95. The maximum atomic E-state index is 12.6. The first kappa shape index (κ1) is 17.5. The Morgan fingerprint density at radius 1 is 1.30 bits per heavy atom. The fourth-order valence-electron chi connectivity index (χ4n) is 2.29. The molecule has 0 spiro atoms. The van der Waals surface area contributed by atoms with Gasteiger partial charge in [-0.25, -0.2) is 4.79 Å². The second-order valence-electron chi connectivity index (χ2n) is 7.11. The first-order valence-corrected chi connectivity index (χ1v) is 7.91. The molecule has 5 nitrogen and oxygen atoms in total. The molecular weight excluding hydrogens is 294 g/mol. The summed E-state index contributed by atoms with van der Waals surface area (Å²) in [7, 11) is 0. The number of hydrogen-bond donors (Lipinski definition) is 1. The van der Waals surface area contributed by atoms with Crippen LogP contribution in [0.3, 0.4) is 0 Å². The van der Waals surface area contributed by atoms with Crippen LogP contribution < -0.4 is 5.32 Å². The summed E-state index contributed by atoms with van der Waals surface area (Å²) in [6.07, 6.45) is 0.637. The zero-order chi connectivity index (χ0) is 17.1. The summed E-state index contributed by atoms with van der Waals surface area (Å²) < 4.78 is 10.5. The molecule has 0 aromatic heterocycles. The van der Waals surface area contributed by atoms with Crippen LogP contribution in [0.1, 0.15) is 39.7 Å². The molecule has 0 radical (unpaired) electrons. The van der Waals surface area contributed by atoms with Crippen LogP contribution in [-0.2, 0) is 20.7 Å². The van der Waals surface area contributed by atoms with Gasteiger partial charge < -0.3 is 14.8 Å². The van der Waals surface area contributed by atoms with E-state index in [-0.39, 0.29) is 5.78 Å². The zero-order valence-electron chi connectivity index (χ0n) is 14.2. The summed E-state index contributed by atoms with van der Waals surface area (Å²) >= 11 is 0. The number of Topliss-reactive ketones (excluding diaryl/α,β-unsaturated/α-hetero) is 1. The first-order chi connectivity index (χ1) is 10.7. The van der Waals surface area contributed by atoms with E-state index in [4.69, 9.17) is 9.47 Å². The van der Waals surface area contributed by atoms with Crippen molar-refractivity contribution in [2.75, 3.05) is 6.61 Å². The number of ketones is 1. The molecule has 1 aliphatic rings. The van der Waals surface area contributed by atoms with Gasteiger partial charge in [-0.1, -0.05) is 30.3 Å². The maximum absolute atomic E-state index is 12.6. The number of hydrogen-bond acceptors (Lipinski definition) is 4. The zero-order valence-corrected chi connectivity index (χ0v) is 14.2. The van der Waals surface area contributed by atoms with Gasteiger partial charge >= 0.3 is 6.09 Å². The van der Waals surface area contributed by atoms with E-state index in [1.807, 2.05) is 30.3 Å². The van der Waals surface area contributed by atoms with Crippen LogP contribution in [-0.4, -0.2) is 35.7 Å². The largest absolute Gasteiger partial charge is 0.444 e. The van der Waals surface area contributed by atoms with Crippen molar-refractivity contribution in [3.8, 4) is 0 Å². The minimum atomic E-state index is -0.767. The van der Waals surface area contributed by atoms with Gasteiger partial charge in [-0.05, 0) is 46.1 Å². The van der Waals surface area contributed by atoms with E-state index in [1.54, 1.807) is 27.7 Å². The third kappa shape index (κ3) is 5.36. The standard InChI is InChI=1S/C18H25NO4/c1-17(2,3)23-16(21)19-14(15(20)18(4)12-22-18)11-10-13-8-6-5-7-9-13/h5-9,14H,10-12H2,1-4H3,(H,19,21)/t14-,18+/m0/s1. The fourth-order valence-corrected chi connectivity index (χ4v) is 2.29. The van der Waals surface area contributed by atoms with E-state index in [9.17, 15) is 9.59 Å². The average Bonchev–Trinajstić information content (AvgIpc) is 3.21. The Kier molecular flexibility index (Phi) is 5.09. The third-order valence-electron chi connectivity index (χ3n) is 3.67. The molecule has 1 aromatic rings. The minimum absolute atomic E-state index is 0.0979. The second kappa shape index (κ2) is 6.71. The van der Waals surface area contributed by atoms with Gasteiger partial charge in [0.2, 0.25) is 0 Å². The Hall–Kier alpha value is -1.88. The summed E-state index contributed by atoms with van der Waals surface area (Å²) in [5.74, 6) is -0.0979. The Labute approximate surface area is 137 Å². The molecule has 1 amide bonds. The highest BCUT2D eigenvalue weighted by atomic mass is 16.6. The van der Waals surface area contributed by atoms with Crippen molar-refractivity contribution in [2.24, 2.45) is 0 Å². The monoisotopic (exact) mass is 319 g/mol. The number of benzene rings is 1. The number of alkyl carbamates (subject to hydrolysis) is 1.